The van der Waals surface area contributed by atoms with Crippen LogP contribution in [0.15, 0.2) is 152 Å². The number of hydrogen-bond donors (Lipinski definition) is 0. The molecule has 1 aliphatic carbocycles. The van der Waals surface area contributed by atoms with Crippen LogP contribution in [0, 0.1) is 0 Å². The van der Waals surface area contributed by atoms with Crippen molar-refractivity contribution in [3.8, 4) is 56.4 Å². The maximum atomic E-state index is 16.5. The average molecular weight is 613 g/mol. The first-order valence-corrected chi connectivity index (χ1v) is 17.4. The van der Waals surface area contributed by atoms with Crippen molar-refractivity contribution in [3.05, 3.63) is 157 Å². The first-order valence-electron chi connectivity index (χ1n) is 15.7. The minimum Gasteiger partial charge on any atom is -0.454 e. The Balaban J connectivity index is 1.43. The topological polar surface area (TPSA) is 35.5 Å². The molecular formula is C42H29O3P. The first-order chi connectivity index (χ1) is 22.7. The summed E-state index contributed by atoms with van der Waals surface area (Å²) in [5, 5.41) is 2.03. The zero-order valence-electron chi connectivity index (χ0n) is 25.0. The van der Waals surface area contributed by atoms with E-state index in [9.17, 15) is 0 Å². The Labute approximate surface area is 268 Å². The second-order valence-corrected chi connectivity index (χ2v) is 14.5. The predicted molar refractivity (Wildman–Crippen MR) is 189 cm³/mol. The van der Waals surface area contributed by atoms with E-state index in [2.05, 4.69) is 72.8 Å². The summed E-state index contributed by atoms with van der Waals surface area (Å²) in [6.07, 6.45) is 8.55. The maximum absolute atomic E-state index is 16.5. The number of benzene rings is 6. The van der Waals surface area contributed by atoms with Gasteiger partial charge in [-0.3, -0.25) is 0 Å². The lowest BCUT2D eigenvalue weighted by molar-refractivity contribution is 0.463. The number of allylic oxidation sites excluding steroid dienone is 4. The van der Waals surface area contributed by atoms with Gasteiger partial charge in [-0.1, -0.05) is 133 Å². The second-order valence-electron chi connectivity index (χ2n) is 11.8. The molecule has 1 atom stereocenters. The number of ether oxygens (including phenoxy) is 2. The van der Waals surface area contributed by atoms with Gasteiger partial charge in [-0.05, 0) is 53.3 Å². The minimum absolute atomic E-state index is 0.598. The van der Waals surface area contributed by atoms with Crippen LogP contribution in [-0.4, -0.2) is 0 Å². The molecule has 6 aromatic carbocycles. The average Bonchev–Trinajstić information content (AvgIpc) is 3.13. The summed E-state index contributed by atoms with van der Waals surface area (Å²) in [7, 11) is -3.54. The van der Waals surface area contributed by atoms with Crippen molar-refractivity contribution in [3.63, 3.8) is 0 Å². The lowest BCUT2D eigenvalue weighted by Crippen LogP contribution is -2.36. The van der Waals surface area contributed by atoms with Gasteiger partial charge in [-0.2, -0.15) is 0 Å². The van der Waals surface area contributed by atoms with Crippen molar-refractivity contribution in [2.75, 3.05) is 0 Å². The summed E-state index contributed by atoms with van der Waals surface area (Å²) < 4.78 is 30.6. The van der Waals surface area contributed by atoms with Crippen LogP contribution in [0.1, 0.15) is 18.4 Å². The van der Waals surface area contributed by atoms with Gasteiger partial charge < -0.3 is 14.0 Å². The molecule has 3 aliphatic rings. The SMILES string of the molecule is O=P12c3cccc(-c4ccccc4)c3Oc3c(C4=CCCC=C4)cc(-c4ccccc4)c(c31)Oc1c(-c3ccccc3)cccc12. The molecule has 0 bridgehead atoms. The van der Waals surface area contributed by atoms with Gasteiger partial charge in [0.25, 0.3) is 0 Å². The molecule has 1 unspecified atom stereocenters. The van der Waals surface area contributed by atoms with Gasteiger partial charge in [0.2, 0.25) is 0 Å². The smallest absolute Gasteiger partial charge is 0.185 e. The monoisotopic (exact) mass is 612 g/mol. The first kappa shape index (κ1) is 27.0. The Morgan fingerprint density at radius 1 is 0.478 bits per heavy atom. The summed E-state index contributed by atoms with van der Waals surface area (Å²) in [5.74, 6) is 2.49. The Kier molecular flexibility index (Phi) is 6.23. The Hall–Kier alpha value is -5.37. The van der Waals surface area contributed by atoms with E-state index in [1.54, 1.807) is 0 Å². The zero-order valence-corrected chi connectivity index (χ0v) is 25.9. The van der Waals surface area contributed by atoms with Crippen molar-refractivity contribution >= 4 is 28.6 Å². The van der Waals surface area contributed by atoms with E-state index in [1.165, 1.54) is 0 Å². The number of fused-ring (bicyclic) bond motifs is 4. The van der Waals surface area contributed by atoms with Gasteiger partial charge in [0.05, 0.1) is 10.6 Å². The quantitative estimate of drug-likeness (QED) is 0.186. The summed E-state index contributed by atoms with van der Waals surface area (Å²) in [5.41, 5.74) is 7.74. The van der Waals surface area contributed by atoms with E-state index in [4.69, 9.17) is 9.47 Å². The minimum atomic E-state index is -3.54. The van der Waals surface area contributed by atoms with E-state index in [-0.39, 0.29) is 0 Å². The molecule has 220 valence electrons. The molecule has 0 radical (unpaired) electrons. The van der Waals surface area contributed by atoms with Crippen LogP contribution in [0.4, 0.5) is 0 Å². The normalized spacial score (nSPS) is 17.1. The summed E-state index contributed by atoms with van der Waals surface area (Å²) >= 11 is 0. The highest BCUT2D eigenvalue weighted by Gasteiger charge is 2.49. The third-order valence-corrected chi connectivity index (χ3v) is 12.3. The Morgan fingerprint density at radius 2 is 0.978 bits per heavy atom. The lowest BCUT2D eigenvalue weighted by Gasteiger charge is -2.38. The van der Waals surface area contributed by atoms with Crippen LogP contribution in [0.2, 0.25) is 0 Å². The molecule has 0 saturated heterocycles. The van der Waals surface area contributed by atoms with Gasteiger partial charge in [-0.15, -0.1) is 0 Å². The van der Waals surface area contributed by atoms with Crippen LogP contribution in [-0.2, 0) is 4.57 Å². The molecular weight excluding hydrogens is 583 g/mol. The third-order valence-electron chi connectivity index (χ3n) is 9.16. The van der Waals surface area contributed by atoms with Crippen molar-refractivity contribution in [1.82, 2.24) is 0 Å². The molecule has 9 rings (SSSR count). The van der Waals surface area contributed by atoms with Crippen LogP contribution in [0.5, 0.6) is 23.0 Å². The molecule has 0 saturated carbocycles. The van der Waals surface area contributed by atoms with Gasteiger partial charge >= 0.3 is 0 Å². The third kappa shape index (κ3) is 4.02. The van der Waals surface area contributed by atoms with E-state index >= 15 is 4.57 Å². The number of hydrogen-bond acceptors (Lipinski definition) is 3. The standard InChI is InChI=1S/C42H29O3P/c43-46-36-25-13-23-32(28-15-5-1-6-16-28)38(36)44-40-34(30-19-9-3-10-20-30)27-35(31-21-11-4-12-22-31)41(42(40)46)45-39-33(24-14-26-37(39)46)29-17-7-2-8-18-29/h1-3,5-11,13-27H,4,12H2. The largest absolute Gasteiger partial charge is 0.454 e. The fourth-order valence-electron chi connectivity index (χ4n) is 7.01. The number of rotatable bonds is 4. The predicted octanol–water partition coefficient (Wildman–Crippen LogP) is 10.3. The molecule has 4 heteroatoms. The highest BCUT2D eigenvalue weighted by molar-refractivity contribution is 7.86. The fraction of sp³-hybridized carbons (Fsp3) is 0.0476. The van der Waals surface area contributed by atoms with Gasteiger partial charge in [-0.25, -0.2) is 0 Å². The van der Waals surface area contributed by atoms with Crippen molar-refractivity contribution in [2.24, 2.45) is 0 Å². The molecule has 2 aliphatic heterocycles. The summed E-state index contributed by atoms with van der Waals surface area (Å²) in [6.45, 7) is 0. The lowest BCUT2D eigenvalue weighted by atomic mass is 9.93. The number of para-hydroxylation sites is 2. The molecule has 6 aromatic rings. The van der Waals surface area contributed by atoms with Gasteiger partial charge in [0.15, 0.2) is 12.9 Å². The molecule has 0 amide bonds. The maximum Gasteiger partial charge on any atom is 0.185 e. The van der Waals surface area contributed by atoms with Crippen LogP contribution < -0.4 is 25.4 Å². The molecule has 0 fully saturated rings. The highest BCUT2D eigenvalue weighted by atomic mass is 31.2. The van der Waals surface area contributed by atoms with Crippen LogP contribution >= 0.6 is 7.14 Å². The second kappa shape index (κ2) is 10.6. The van der Waals surface area contributed by atoms with Crippen molar-refractivity contribution in [2.45, 2.75) is 12.8 Å². The van der Waals surface area contributed by atoms with Gasteiger partial charge in [0, 0.05) is 22.3 Å². The zero-order chi connectivity index (χ0) is 30.7. The summed E-state index contributed by atoms with van der Waals surface area (Å²) in [4.78, 5) is 0. The molecule has 3 nitrogen and oxygen atoms in total. The van der Waals surface area contributed by atoms with Crippen LogP contribution in [0.3, 0.4) is 0 Å². The molecule has 0 aromatic heterocycles. The highest BCUT2D eigenvalue weighted by Crippen LogP contribution is 2.63. The Bertz CT molecular complexity index is 2250. The molecule has 0 N–H and O–H groups in total. The fourth-order valence-corrected chi connectivity index (χ4v) is 10.2. The van der Waals surface area contributed by atoms with Crippen LogP contribution in [0.25, 0.3) is 39.0 Å². The van der Waals surface area contributed by atoms with E-state index < -0.39 is 7.14 Å². The van der Waals surface area contributed by atoms with E-state index in [0.29, 0.717) is 38.9 Å². The summed E-state index contributed by atoms with van der Waals surface area (Å²) in [6, 6.07) is 44.9. The van der Waals surface area contributed by atoms with Crippen molar-refractivity contribution in [1.29, 1.82) is 0 Å². The Morgan fingerprint density at radius 3 is 1.48 bits per heavy atom. The van der Waals surface area contributed by atoms with Crippen molar-refractivity contribution < 1.29 is 14.0 Å². The molecule has 0 spiro atoms. The van der Waals surface area contributed by atoms with Gasteiger partial charge in [0.1, 0.15) is 22.6 Å². The molecule has 2 heterocycles. The van der Waals surface area contributed by atoms with E-state index in [0.717, 1.165) is 57.4 Å². The molecule has 46 heavy (non-hydrogen) atoms. The van der Waals surface area contributed by atoms with E-state index in [1.807, 2.05) is 78.9 Å².